The SMILES string of the molecule is CCOC(=O)Cc1cc(N)c(I)nc1C(F)F. The highest BCUT2D eigenvalue weighted by molar-refractivity contribution is 14.1. The van der Waals surface area contributed by atoms with Crippen LogP contribution < -0.4 is 5.73 Å². The summed E-state index contributed by atoms with van der Waals surface area (Å²) in [7, 11) is 0. The van der Waals surface area contributed by atoms with E-state index < -0.39 is 18.1 Å². The van der Waals surface area contributed by atoms with E-state index in [1.54, 1.807) is 29.5 Å². The Labute approximate surface area is 111 Å². The van der Waals surface area contributed by atoms with E-state index in [4.69, 9.17) is 10.5 Å². The summed E-state index contributed by atoms with van der Waals surface area (Å²) in [6.45, 7) is 1.85. The molecule has 17 heavy (non-hydrogen) atoms. The zero-order valence-electron chi connectivity index (χ0n) is 9.04. The van der Waals surface area contributed by atoms with Crippen LogP contribution >= 0.6 is 22.6 Å². The number of anilines is 1. The maximum atomic E-state index is 12.7. The van der Waals surface area contributed by atoms with Crippen molar-refractivity contribution in [1.82, 2.24) is 4.98 Å². The Morgan fingerprint density at radius 1 is 1.65 bits per heavy atom. The monoisotopic (exact) mass is 356 g/mol. The van der Waals surface area contributed by atoms with Crippen molar-refractivity contribution in [3.63, 3.8) is 0 Å². The molecule has 0 aliphatic rings. The Bertz CT molecular complexity index is 427. The van der Waals surface area contributed by atoms with Crippen molar-refractivity contribution in [2.75, 3.05) is 12.3 Å². The molecule has 4 nitrogen and oxygen atoms in total. The van der Waals surface area contributed by atoms with Crippen molar-refractivity contribution < 1.29 is 18.3 Å². The number of nitrogens with two attached hydrogens (primary N) is 1. The number of hydrogen-bond donors (Lipinski definition) is 1. The highest BCUT2D eigenvalue weighted by Gasteiger charge is 2.19. The molecule has 0 fully saturated rings. The molecule has 0 aromatic carbocycles. The van der Waals surface area contributed by atoms with Crippen LogP contribution in [0.2, 0.25) is 0 Å². The van der Waals surface area contributed by atoms with Crippen molar-refractivity contribution in [2.45, 2.75) is 19.8 Å². The molecule has 0 amide bonds. The van der Waals surface area contributed by atoms with Gasteiger partial charge in [-0.3, -0.25) is 4.79 Å². The third-order valence-corrected chi connectivity index (χ3v) is 2.83. The summed E-state index contributed by atoms with van der Waals surface area (Å²) in [4.78, 5) is 14.9. The van der Waals surface area contributed by atoms with E-state index in [0.29, 0.717) is 3.70 Å². The van der Waals surface area contributed by atoms with Crippen LogP contribution in [-0.4, -0.2) is 17.6 Å². The quantitative estimate of drug-likeness (QED) is 0.511. The first kappa shape index (κ1) is 14.1. The van der Waals surface area contributed by atoms with Gasteiger partial charge in [-0.15, -0.1) is 0 Å². The maximum absolute atomic E-state index is 12.7. The molecule has 0 aliphatic carbocycles. The van der Waals surface area contributed by atoms with Crippen molar-refractivity contribution in [3.05, 3.63) is 21.0 Å². The van der Waals surface area contributed by atoms with Crippen LogP contribution in [0.15, 0.2) is 6.07 Å². The summed E-state index contributed by atoms with van der Waals surface area (Å²) in [6.07, 6.45) is -2.99. The number of nitrogen functional groups attached to an aromatic ring is 1. The number of halogens is 3. The van der Waals surface area contributed by atoms with Crippen LogP contribution in [0.4, 0.5) is 14.5 Å². The Kier molecular flexibility index (Phi) is 5.03. The Hall–Kier alpha value is -0.990. The van der Waals surface area contributed by atoms with E-state index in [0.717, 1.165) is 0 Å². The minimum absolute atomic E-state index is 0.108. The number of ether oxygens (including phenoxy) is 1. The number of rotatable bonds is 4. The maximum Gasteiger partial charge on any atom is 0.310 e. The van der Waals surface area contributed by atoms with Crippen LogP contribution in [0, 0.1) is 3.70 Å². The van der Waals surface area contributed by atoms with Crippen molar-refractivity contribution >= 4 is 34.2 Å². The number of alkyl halides is 2. The Morgan fingerprint density at radius 2 is 2.29 bits per heavy atom. The van der Waals surface area contributed by atoms with Gasteiger partial charge >= 0.3 is 5.97 Å². The second-order valence-corrected chi connectivity index (χ2v) is 4.22. The first-order chi connectivity index (χ1) is 7.95. The van der Waals surface area contributed by atoms with Gasteiger partial charge in [0.05, 0.1) is 18.7 Å². The van der Waals surface area contributed by atoms with Crippen LogP contribution in [-0.2, 0) is 16.0 Å². The standard InChI is InChI=1S/C10H11F2IN2O2/c1-2-17-7(16)4-5-3-6(14)10(13)15-8(5)9(11)12/h3,9H,2,4,14H2,1H3. The van der Waals surface area contributed by atoms with Crippen LogP contribution in [0.25, 0.3) is 0 Å². The van der Waals surface area contributed by atoms with Gasteiger partial charge in [0.2, 0.25) is 0 Å². The van der Waals surface area contributed by atoms with E-state index in [-0.39, 0.29) is 24.3 Å². The fraction of sp³-hybridized carbons (Fsp3) is 0.400. The van der Waals surface area contributed by atoms with Gasteiger partial charge in [-0.2, -0.15) is 0 Å². The van der Waals surface area contributed by atoms with E-state index >= 15 is 0 Å². The molecule has 1 rings (SSSR count). The summed E-state index contributed by atoms with van der Waals surface area (Å²) < 4.78 is 30.4. The Balaban J connectivity index is 3.04. The van der Waals surface area contributed by atoms with Gasteiger partial charge in [0.1, 0.15) is 9.39 Å². The van der Waals surface area contributed by atoms with Gasteiger partial charge in [-0.05, 0) is 41.1 Å². The first-order valence-corrected chi connectivity index (χ1v) is 5.92. The lowest BCUT2D eigenvalue weighted by Gasteiger charge is -2.10. The van der Waals surface area contributed by atoms with E-state index in [1.165, 1.54) is 6.07 Å². The molecular weight excluding hydrogens is 345 g/mol. The molecule has 0 radical (unpaired) electrons. The average molecular weight is 356 g/mol. The van der Waals surface area contributed by atoms with Gasteiger partial charge in [-0.25, -0.2) is 13.8 Å². The molecule has 0 unspecified atom stereocenters. The van der Waals surface area contributed by atoms with Crippen molar-refractivity contribution in [2.24, 2.45) is 0 Å². The molecule has 0 spiro atoms. The first-order valence-electron chi connectivity index (χ1n) is 4.84. The highest BCUT2D eigenvalue weighted by Crippen LogP contribution is 2.25. The highest BCUT2D eigenvalue weighted by atomic mass is 127. The Morgan fingerprint density at radius 3 is 2.82 bits per heavy atom. The third-order valence-electron chi connectivity index (χ3n) is 1.96. The van der Waals surface area contributed by atoms with Gasteiger partial charge in [-0.1, -0.05) is 0 Å². The molecule has 0 saturated heterocycles. The van der Waals surface area contributed by atoms with Gasteiger partial charge in [0, 0.05) is 0 Å². The lowest BCUT2D eigenvalue weighted by Crippen LogP contribution is -2.12. The second-order valence-electron chi connectivity index (χ2n) is 3.20. The lowest BCUT2D eigenvalue weighted by atomic mass is 10.1. The summed E-state index contributed by atoms with van der Waals surface area (Å²) in [5, 5.41) is 0. The van der Waals surface area contributed by atoms with Gasteiger partial charge in [0.25, 0.3) is 6.43 Å². The van der Waals surface area contributed by atoms with Gasteiger partial charge < -0.3 is 10.5 Å². The second kappa shape index (κ2) is 6.08. The number of aromatic nitrogens is 1. The van der Waals surface area contributed by atoms with E-state index in [9.17, 15) is 13.6 Å². The molecule has 1 aromatic rings. The number of carbonyl (C=O) groups is 1. The largest absolute Gasteiger partial charge is 0.466 e. The summed E-state index contributed by atoms with van der Waals surface area (Å²) in [5.74, 6) is -0.572. The predicted octanol–water partition coefficient (Wildman–Crippen LogP) is 2.31. The third kappa shape index (κ3) is 3.76. The minimum atomic E-state index is -2.74. The number of pyridine rings is 1. The minimum Gasteiger partial charge on any atom is -0.466 e. The number of esters is 1. The molecule has 2 N–H and O–H groups in total. The van der Waals surface area contributed by atoms with Crippen molar-refractivity contribution in [1.29, 1.82) is 0 Å². The number of carbonyl (C=O) groups excluding carboxylic acids is 1. The normalized spacial score (nSPS) is 10.6. The van der Waals surface area contributed by atoms with Crippen molar-refractivity contribution in [3.8, 4) is 0 Å². The number of hydrogen-bond acceptors (Lipinski definition) is 4. The molecule has 94 valence electrons. The average Bonchev–Trinajstić information content (AvgIpc) is 2.23. The fourth-order valence-electron chi connectivity index (χ4n) is 1.26. The molecular formula is C10H11F2IN2O2. The van der Waals surface area contributed by atoms with Gasteiger partial charge in [0.15, 0.2) is 0 Å². The van der Waals surface area contributed by atoms with Crippen LogP contribution in [0.5, 0.6) is 0 Å². The zero-order valence-corrected chi connectivity index (χ0v) is 11.2. The van der Waals surface area contributed by atoms with E-state index in [1.807, 2.05) is 0 Å². The van der Waals surface area contributed by atoms with E-state index in [2.05, 4.69) is 4.98 Å². The number of nitrogens with zero attached hydrogens (tertiary/aromatic N) is 1. The fourth-order valence-corrected chi connectivity index (χ4v) is 1.68. The predicted molar refractivity (Wildman–Crippen MR) is 66.7 cm³/mol. The molecule has 0 saturated carbocycles. The molecule has 0 atom stereocenters. The topological polar surface area (TPSA) is 65.2 Å². The summed E-state index contributed by atoms with van der Waals surface area (Å²) in [6, 6.07) is 1.34. The summed E-state index contributed by atoms with van der Waals surface area (Å²) in [5.41, 5.74) is 5.53. The van der Waals surface area contributed by atoms with Crippen LogP contribution in [0.1, 0.15) is 24.6 Å². The lowest BCUT2D eigenvalue weighted by molar-refractivity contribution is -0.142. The molecule has 1 aromatic heterocycles. The van der Waals surface area contributed by atoms with Crippen LogP contribution in [0.3, 0.4) is 0 Å². The smallest absolute Gasteiger partial charge is 0.310 e. The summed E-state index contributed by atoms with van der Waals surface area (Å²) >= 11 is 1.76. The molecule has 0 aliphatic heterocycles. The molecule has 7 heteroatoms. The zero-order chi connectivity index (χ0) is 13.0. The molecule has 1 heterocycles. The molecule has 0 bridgehead atoms.